The smallest absolute Gasteiger partial charge is 0.423 e. The predicted molar refractivity (Wildman–Crippen MR) is 56.8 cm³/mol. The lowest BCUT2D eigenvalue weighted by Gasteiger charge is -2.13. The van der Waals surface area contributed by atoms with Gasteiger partial charge in [-0.2, -0.15) is 13.2 Å². The molecule has 0 aliphatic rings. The molecule has 0 aliphatic heterocycles. The van der Waals surface area contributed by atoms with E-state index in [0.717, 1.165) is 12.1 Å². The highest BCUT2D eigenvalue weighted by atomic mass is 19.4. The van der Waals surface area contributed by atoms with Crippen LogP contribution in [0.25, 0.3) is 0 Å². The van der Waals surface area contributed by atoms with Crippen LogP contribution in [-0.2, 0) is 11.2 Å². The Morgan fingerprint density at radius 3 is 2.17 bits per heavy atom. The van der Waals surface area contributed by atoms with Gasteiger partial charge < -0.3 is 5.11 Å². The van der Waals surface area contributed by atoms with Gasteiger partial charge in [0.05, 0.1) is 5.92 Å². The molecule has 1 N–H and O–H groups in total. The Morgan fingerprint density at radius 2 is 1.78 bits per heavy atom. The number of carboxylic acids is 1. The molecule has 1 rings (SSSR count). The summed E-state index contributed by atoms with van der Waals surface area (Å²) < 4.78 is 49.2. The van der Waals surface area contributed by atoms with E-state index in [9.17, 15) is 22.4 Å². The minimum Gasteiger partial charge on any atom is -0.481 e. The topological polar surface area (TPSA) is 37.3 Å². The van der Waals surface area contributed by atoms with Crippen molar-refractivity contribution in [2.24, 2.45) is 5.92 Å². The number of carboxylic acid groups (broad SMARTS) is 1. The molecule has 18 heavy (non-hydrogen) atoms. The molecule has 0 fully saturated rings. The first kappa shape index (κ1) is 14.5. The molecule has 2 atom stereocenters. The number of carbonyl (C=O) groups is 1. The van der Waals surface area contributed by atoms with Crippen molar-refractivity contribution in [3.05, 3.63) is 35.4 Å². The third-order valence-corrected chi connectivity index (χ3v) is 2.52. The lowest BCUT2D eigenvalue weighted by atomic mass is 9.99. The standard InChI is InChI=1S/C12H12F4O2/c1-7(11(17)18)6-8-2-4-9(5-3-8)10(13)12(14,15)16/h2-5,7,10H,6H2,1H3,(H,17,18). The third-order valence-electron chi connectivity index (χ3n) is 2.52. The molecular weight excluding hydrogens is 252 g/mol. The molecule has 0 aromatic heterocycles. The van der Waals surface area contributed by atoms with Crippen LogP contribution in [0.2, 0.25) is 0 Å². The second kappa shape index (κ2) is 5.37. The molecule has 0 saturated heterocycles. The van der Waals surface area contributed by atoms with Crippen LogP contribution in [0.15, 0.2) is 24.3 Å². The fourth-order valence-corrected chi connectivity index (χ4v) is 1.45. The van der Waals surface area contributed by atoms with Gasteiger partial charge in [-0.05, 0) is 17.5 Å². The Morgan fingerprint density at radius 1 is 1.28 bits per heavy atom. The van der Waals surface area contributed by atoms with Crippen LogP contribution in [0.3, 0.4) is 0 Å². The third kappa shape index (κ3) is 3.72. The minimum atomic E-state index is -4.92. The van der Waals surface area contributed by atoms with Gasteiger partial charge in [0, 0.05) is 0 Å². The van der Waals surface area contributed by atoms with Crippen LogP contribution in [-0.4, -0.2) is 17.3 Å². The molecule has 0 saturated carbocycles. The van der Waals surface area contributed by atoms with E-state index in [2.05, 4.69) is 0 Å². The number of aliphatic carboxylic acids is 1. The number of benzene rings is 1. The van der Waals surface area contributed by atoms with Crippen molar-refractivity contribution in [2.45, 2.75) is 25.7 Å². The monoisotopic (exact) mass is 264 g/mol. The number of alkyl halides is 4. The second-order valence-electron chi connectivity index (χ2n) is 4.09. The van der Waals surface area contributed by atoms with Gasteiger partial charge >= 0.3 is 12.1 Å². The van der Waals surface area contributed by atoms with Crippen molar-refractivity contribution in [1.82, 2.24) is 0 Å². The van der Waals surface area contributed by atoms with Crippen LogP contribution in [0.5, 0.6) is 0 Å². The quantitative estimate of drug-likeness (QED) is 0.845. The number of hydrogen-bond donors (Lipinski definition) is 1. The van der Waals surface area contributed by atoms with E-state index in [1.54, 1.807) is 0 Å². The molecule has 2 nitrogen and oxygen atoms in total. The fourth-order valence-electron chi connectivity index (χ4n) is 1.45. The van der Waals surface area contributed by atoms with Crippen molar-refractivity contribution in [3.8, 4) is 0 Å². The summed E-state index contributed by atoms with van der Waals surface area (Å²) in [5.41, 5.74) is 0.0808. The van der Waals surface area contributed by atoms with Gasteiger partial charge in [-0.15, -0.1) is 0 Å². The highest BCUT2D eigenvalue weighted by molar-refractivity contribution is 5.69. The van der Waals surface area contributed by atoms with E-state index >= 15 is 0 Å². The zero-order chi connectivity index (χ0) is 13.9. The molecule has 1 aromatic rings. The van der Waals surface area contributed by atoms with E-state index in [4.69, 9.17) is 5.11 Å². The molecule has 2 unspecified atom stereocenters. The lowest BCUT2D eigenvalue weighted by Crippen LogP contribution is -2.16. The van der Waals surface area contributed by atoms with Gasteiger partial charge in [0.15, 0.2) is 0 Å². The van der Waals surface area contributed by atoms with Crippen LogP contribution in [0.1, 0.15) is 24.2 Å². The van der Waals surface area contributed by atoms with E-state index in [0.29, 0.717) is 5.56 Å². The normalized spacial score (nSPS) is 15.2. The Hall–Kier alpha value is -1.59. The van der Waals surface area contributed by atoms with Crippen molar-refractivity contribution >= 4 is 5.97 Å². The first-order chi connectivity index (χ1) is 8.21. The number of rotatable bonds is 4. The Balaban J connectivity index is 2.77. The summed E-state index contributed by atoms with van der Waals surface area (Å²) >= 11 is 0. The first-order valence-corrected chi connectivity index (χ1v) is 5.24. The summed E-state index contributed by atoms with van der Waals surface area (Å²) in [5.74, 6) is -1.63. The molecule has 100 valence electrons. The fraction of sp³-hybridized carbons (Fsp3) is 0.417. The molecule has 0 aliphatic carbocycles. The summed E-state index contributed by atoms with van der Waals surface area (Å²) in [7, 11) is 0. The molecule has 0 radical (unpaired) electrons. The molecule has 1 aromatic carbocycles. The number of hydrogen-bond acceptors (Lipinski definition) is 1. The van der Waals surface area contributed by atoms with Gasteiger partial charge in [0.2, 0.25) is 6.17 Å². The maximum Gasteiger partial charge on any atom is 0.423 e. The largest absolute Gasteiger partial charge is 0.481 e. The lowest BCUT2D eigenvalue weighted by molar-refractivity contribution is -0.182. The molecular formula is C12H12F4O2. The molecule has 0 spiro atoms. The second-order valence-corrected chi connectivity index (χ2v) is 4.09. The van der Waals surface area contributed by atoms with E-state index in [1.165, 1.54) is 19.1 Å². The zero-order valence-corrected chi connectivity index (χ0v) is 9.54. The van der Waals surface area contributed by atoms with Crippen molar-refractivity contribution in [2.75, 3.05) is 0 Å². The summed E-state index contributed by atoms with van der Waals surface area (Å²) in [6.07, 6.45) is -7.74. The molecule has 0 bridgehead atoms. The van der Waals surface area contributed by atoms with E-state index in [1.807, 2.05) is 0 Å². The average Bonchev–Trinajstić information content (AvgIpc) is 2.27. The van der Waals surface area contributed by atoms with Gasteiger partial charge in [0.25, 0.3) is 0 Å². The Bertz CT molecular complexity index is 411. The molecule has 6 heteroatoms. The van der Waals surface area contributed by atoms with Gasteiger partial charge in [-0.3, -0.25) is 4.79 Å². The number of halogens is 4. The van der Waals surface area contributed by atoms with Crippen LogP contribution < -0.4 is 0 Å². The highest BCUT2D eigenvalue weighted by Crippen LogP contribution is 2.35. The maximum absolute atomic E-state index is 12.9. The van der Waals surface area contributed by atoms with E-state index in [-0.39, 0.29) is 6.42 Å². The van der Waals surface area contributed by atoms with Crippen LogP contribution >= 0.6 is 0 Å². The Labute approximate surface area is 101 Å². The SMILES string of the molecule is CC(Cc1ccc(C(F)C(F)(F)F)cc1)C(=O)O. The summed E-state index contributed by atoms with van der Waals surface area (Å²) in [4.78, 5) is 10.6. The van der Waals surface area contributed by atoms with Gasteiger partial charge in [-0.1, -0.05) is 31.2 Å². The van der Waals surface area contributed by atoms with Gasteiger partial charge in [0.1, 0.15) is 0 Å². The van der Waals surface area contributed by atoms with Crippen LogP contribution in [0.4, 0.5) is 17.6 Å². The summed E-state index contributed by atoms with van der Waals surface area (Å²) in [6.45, 7) is 1.49. The van der Waals surface area contributed by atoms with E-state index < -0.39 is 29.8 Å². The molecule has 0 heterocycles. The Kier molecular flexibility index (Phi) is 4.32. The minimum absolute atomic E-state index is 0.193. The van der Waals surface area contributed by atoms with Crippen molar-refractivity contribution in [3.63, 3.8) is 0 Å². The van der Waals surface area contributed by atoms with Crippen molar-refractivity contribution in [1.29, 1.82) is 0 Å². The molecule has 0 amide bonds. The predicted octanol–water partition coefficient (Wildman–Crippen LogP) is 3.52. The highest BCUT2D eigenvalue weighted by Gasteiger charge is 2.41. The summed E-state index contributed by atoms with van der Waals surface area (Å²) in [6, 6.07) is 4.68. The maximum atomic E-state index is 12.9. The average molecular weight is 264 g/mol. The summed E-state index contributed by atoms with van der Waals surface area (Å²) in [5, 5.41) is 8.68. The van der Waals surface area contributed by atoms with Crippen LogP contribution in [0, 0.1) is 5.92 Å². The zero-order valence-electron chi connectivity index (χ0n) is 9.54. The van der Waals surface area contributed by atoms with Crippen molar-refractivity contribution < 1.29 is 27.5 Å². The van der Waals surface area contributed by atoms with Gasteiger partial charge in [-0.25, -0.2) is 4.39 Å². The first-order valence-electron chi connectivity index (χ1n) is 5.24.